The van der Waals surface area contributed by atoms with Crippen molar-refractivity contribution in [2.75, 3.05) is 11.1 Å². The summed E-state index contributed by atoms with van der Waals surface area (Å²) in [7, 11) is 0. The van der Waals surface area contributed by atoms with E-state index in [0.29, 0.717) is 15.9 Å². The van der Waals surface area contributed by atoms with Crippen LogP contribution in [0.2, 0.25) is 15.2 Å². The lowest BCUT2D eigenvalue weighted by Crippen LogP contribution is -2.10. The molecule has 0 bridgehead atoms. The first kappa shape index (κ1) is 14.2. The highest BCUT2D eigenvalue weighted by molar-refractivity contribution is 6.42. The molecule has 7 heteroatoms. The van der Waals surface area contributed by atoms with Crippen LogP contribution in [0.15, 0.2) is 24.3 Å². The Labute approximate surface area is 125 Å². The molecule has 1 heterocycles. The summed E-state index contributed by atoms with van der Waals surface area (Å²) < 4.78 is 0. The smallest absolute Gasteiger partial charge is 0.223 e. The zero-order chi connectivity index (χ0) is 14.0. The molecule has 100 valence electrons. The normalized spacial score (nSPS) is 12.2. The molecule has 0 aliphatic rings. The Kier molecular flexibility index (Phi) is 4.34. The highest BCUT2D eigenvalue weighted by Gasteiger charge is 2.12. The summed E-state index contributed by atoms with van der Waals surface area (Å²) in [6.07, 6.45) is 0. The fraction of sp³-hybridized carbons (Fsp3) is 0.167. The average molecular weight is 318 g/mol. The van der Waals surface area contributed by atoms with Crippen molar-refractivity contribution < 1.29 is 0 Å². The van der Waals surface area contributed by atoms with E-state index in [9.17, 15) is 0 Å². The van der Waals surface area contributed by atoms with Gasteiger partial charge in [0.15, 0.2) is 0 Å². The van der Waals surface area contributed by atoms with Gasteiger partial charge in [-0.05, 0) is 18.6 Å². The van der Waals surface area contributed by atoms with Gasteiger partial charge in [0.2, 0.25) is 5.95 Å². The summed E-state index contributed by atoms with van der Waals surface area (Å²) in [6, 6.07) is 6.95. The van der Waals surface area contributed by atoms with Gasteiger partial charge in [0, 0.05) is 6.07 Å². The fourth-order valence-corrected chi connectivity index (χ4v) is 2.33. The predicted molar refractivity (Wildman–Crippen MR) is 80.0 cm³/mol. The molecule has 0 fully saturated rings. The molecular formula is C12H11Cl3N4. The lowest BCUT2D eigenvalue weighted by molar-refractivity contribution is 0.873. The van der Waals surface area contributed by atoms with Crippen LogP contribution in [-0.4, -0.2) is 9.97 Å². The van der Waals surface area contributed by atoms with Crippen molar-refractivity contribution in [2.24, 2.45) is 0 Å². The van der Waals surface area contributed by atoms with Crippen LogP contribution in [-0.2, 0) is 0 Å². The highest BCUT2D eigenvalue weighted by atomic mass is 35.5. The van der Waals surface area contributed by atoms with E-state index in [4.69, 9.17) is 40.5 Å². The van der Waals surface area contributed by atoms with Crippen molar-refractivity contribution in [1.29, 1.82) is 0 Å². The molecule has 0 saturated heterocycles. The summed E-state index contributed by atoms with van der Waals surface area (Å²) >= 11 is 18.0. The van der Waals surface area contributed by atoms with Gasteiger partial charge < -0.3 is 11.1 Å². The lowest BCUT2D eigenvalue weighted by atomic mass is 10.1. The van der Waals surface area contributed by atoms with Gasteiger partial charge in [0.1, 0.15) is 11.0 Å². The standard InChI is InChI=1S/C12H11Cl3N4/c1-6(7-3-2-4-8(13)11(7)15)17-10-5-9(14)18-12(16)19-10/h2-6H,1H3,(H3,16,17,18,19). The number of aromatic nitrogens is 2. The van der Waals surface area contributed by atoms with E-state index < -0.39 is 0 Å². The van der Waals surface area contributed by atoms with Crippen LogP contribution in [0, 0.1) is 0 Å². The molecule has 0 aliphatic carbocycles. The first-order chi connectivity index (χ1) is 8.97. The molecule has 0 radical (unpaired) electrons. The first-order valence-corrected chi connectivity index (χ1v) is 6.61. The molecule has 0 amide bonds. The molecular weight excluding hydrogens is 307 g/mol. The number of benzene rings is 1. The van der Waals surface area contributed by atoms with Gasteiger partial charge in [0.25, 0.3) is 0 Å². The number of nitrogens with two attached hydrogens (primary N) is 1. The van der Waals surface area contributed by atoms with E-state index in [1.54, 1.807) is 12.1 Å². The molecule has 0 spiro atoms. The van der Waals surface area contributed by atoms with Crippen LogP contribution < -0.4 is 11.1 Å². The summed E-state index contributed by atoms with van der Waals surface area (Å²) in [5.41, 5.74) is 6.40. The maximum atomic E-state index is 6.16. The Morgan fingerprint density at radius 2 is 1.95 bits per heavy atom. The van der Waals surface area contributed by atoms with E-state index in [-0.39, 0.29) is 17.1 Å². The molecule has 1 aromatic heterocycles. The van der Waals surface area contributed by atoms with Crippen LogP contribution in [0.3, 0.4) is 0 Å². The summed E-state index contributed by atoms with van der Waals surface area (Å²) in [5, 5.41) is 4.45. The molecule has 3 N–H and O–H groups in total. The average Bonchev–Trinajstić information content (AvgIpc) is 2.31. The third kappa shape index (κ3) is 3.41. The van der Waals surface area contributed by atoms with Crippen LogP contribution in [0.4, 0.5) is 11.8 Å². The van der Waals surface area contributed by atoms with Crippen LogP contribution in [0.1, 0.15) is 18.5 Å². The van der Waals surface area contributed by atoms with Crippen molar-refractivity contribution in [3.05, 3.63) is 45.0 Å². The van der Waals surface area contributed by atoms with E-state index >= 15 is 0 Å². The molecule has 2 rings (SSSR count). The van der Waals surface area contributed by atoms with Crippen LogP contribution in [0.5, 0.6) is 0 Å². The van der Waals surface area contributed by atoms with E-state index in [1.807, 2.05) is 19.1 Å². The van der Waals surface area contributed by atoms with Gasteiger partial charge >= 0.3 is 0 Å². The Hall–Kier alpha value is -1.23. The van der Waals surface area contributed by atoms with Gasteiger partial charge in [-0.15, -0.1) is 0 Å². The van der Waals surface area contributed by atoms with E-state index in [0.717, 1.165) is 5.56 Å². The number of nitrogen functional groups attached to an aromatic ring is 1. The topological polar surface area (TPSA) is 63.8 Å². The molecule has 0 aliphatic heterocycles. The SMILES string of the molecule is CC(Nc1cc(Cl)nc(N)n1)c1cccc(Cl)c1Cl. The van der Waals surface area contributed by atoms with Crippen molar-refractivity contribution in [2.45, 2.75) is 13.0 Å². The number of nitrogens with one attached hydrogen (secondary N) is 1. The Bertz CT molecular complexity index is 583. The van der Waals surface area contributed by atoms with Crippen molar-refractivity contribution in [3.63, 3.8) is 0 Å². The summed E-state index contributed by atoms with van der Waals surface area (Å²) in [4.78, 5) is 7.84. The molecule has 2 aromatic rings. The minimum absolute atomic E-state index is 0.100. The number of anilines is 2. The fourth-order valence-electron chi connectivity index (χ4n) is 1.66. The summed E-state index contributed by atoms with van der Waals surface area (Å²) in [5.74, 6) is 0.639. The van der Waals surface area contributed by atoms with Crippen molar-refractivity contribution in [3.8, 4) is 0 Å². The molecule has 1 unspecified atom stereocenters. The van der Waals surface area contributed by atoms with Crippen LogP contribution >= 0.6 is 34.8 Å². The molecule has 1 aromatic carbocycles. The number of rotatable bonds is 3. The third-order valence-corrected chi connectivity index (χ3v) is 3.55. The largest absolute Gasteiger partial charge is 0.368 e. The summed E-state index contributed by atoms with van der Waals surface area (Å²) in [6.45, 7) is 1.93. The second kappa shape index (κ2) is 5.82. The number of hydrogen-bond acceptors (Lipinski definition) is 4. The monoisotopic (exact) mass is 316 g/mol. The third-order valence-electron chi connectivity index (χ3n) is 2.52. The Balaban J connectivity index is 2.25. The Morgan fingerprint density at radius 1 is 1.21 bits per heavy atom. The zero-order valence-corrected chi connectivity index (χ0v) is 12.3. The van der Waals surface area contributed by atoms with Gasteiger partial charge in [-0.1, -0.05) is 46.9 Å². The Morgan fingerprint density at radius 3 is 2.63 bits per heavy atom. The quantitative estimate of drug-likeness (QED) is 0.833. The minimum atomic E-state index is -0.100. The van der Waals surface area contributed by atoms with Crippen molar-refractivity contribution in [1.82, 2.24) is 9.97 Å². The molecule has 19 heavy (non-hydrogen) atoms. The first-order valence-electron chi connectivity index (χ1n) is 5.48. The molecule has 4 nitrogen and oxygen atoms in total. The van der Waals surface area contributed by atoms with Gasteiger partial charge in [0.05, 0.1) is 16.1 Å². The molecule has 1 atom stereocenters. The number of hydrogen-bond donors (Lipinski definition) is 2. The number of halogens is 3. The van der Waals surface area contributed by atoms with Gasteiger partial charge in [-0.2, -0.15) is 4.98 Å². The van der Waals surface area contributed by atoms with Gasteiger partial charge in [-0.25, -0.2) is 4.98 Å². The van der Waals surface area contributed by atoms with Crippen LogP contribution in [0.25, 0.3) is 0 Å². The lowest BCUT2D eigenvalue weighted by Gasteiger charge is -2.17. The van der Waals surface area contributed by atoms with Gasteiger partial charge in [-0.3, -0.25) is 0 Å². The zero-order valence-electron chi connectivity index (χ0n) is 9.99. The van der Waals surface area contributed by atoms with Crippen molar-refractivity contribution >= 4 is 46.6 Å². The predicted octanol–water partition coefficient (Wildman–Crippen LogP) is 4.19. The molecule has 0 saturated carbocycles. The maximum Gasteiger partial charge on any atom is 0.223 e. The van der Waals surface area contributed by atoms with E-state index in [1.165, 1.54) is 0 Å². The maximum absolute atomic E-state index is 6.16. The second-order valence-electron chi connectivity index (χ2n) is 3.94. The number of nitrogens with zero attached hydrogens (tertiary/aromatic N) is 2. The second-order valence-corrected chi connectivity index (χ2v) is 5.12. The minimum Gasteiger partial charge on any atom is -0.368 e. The van der Waals surface area contributed by atoms with E-state index in [2.05, 4.69) is 15.3 Å². The highest BCUT2D eigenvalue weighted by Crippen LogP contribution is 2.31.